The van der Waals surface area contributed by atoms with E-state index in [-0.39, 0.29) is 6.10 Å². The molecule has 1 unspecified atom stereocenters. The summed E-state index contributed by atoms with van der Waals surface area (Å²) in [5.74, 6) is 0. The van der Waals surface area contributed by atoms with Crippen LogP contribution in [0.3, 0.4) is 0 Å². The highest BCUT2D eigenvalue weighted by Gasteiger charge is 2.25. The molecule has 0 aromatic carbocycles. The molecule has 0 aromatic heterocycles. The second-order valence-corrected chi connectivity index (χ2v) is 6.41. The third kappa shape index (κ3) is 11.1. The molecule has 0 spiro atoms. The Balaban J connectivity index is 1.77. The van der Waals surface area contributed by atoms with Gasteiger partial charge in [0.15, 0.2) is 0 Å². The van der Waals surface area contributed by atoms with Gasteiger partial charge in [0, 0.05) is 32.3 Å². The van der Waals surface area contributed by atoms with Gasteiger partial charge in [0.2, 0.25) is 0 Å². The molecule has 0 amide bonds. The lowest BCUT2D eigenvalue weighted by atomic mass is 10.1. The van der Waals surface area contributed by atoms with Gasteiger partial charge in [-0.3, -0.25) is 0 Å². The molecular formula is C17H36N2O2. The highest BCUT2D eigenvalue weighted by molar-refractivity contribution is 4.82. The summed E-state index contributed by atoms with van der Waals surface area (Å²) in [4.78, 5) is 2.40. The Bertz CT molecular complexity index is 235. The smallest absolute Gasteiger partial charge is 0.0897 e. The number of aliphatic hydroxyl groups excluding tert-OH is 1. The summed E-state index contributed by atoms with van der Waals surface area (Å²) < 4.78 is 5.53. The first-order valence-electron chi connectivity index (χ1n) is 8.90. The van der Waals surface area contributed by atoms with Gasteiger partial charge in [-0.05, 0) is 26.3 Å². The third-order valence-corrected chi connectivity index (χ3v) is 4.14. The van der Waals surface area contributed by atoms with Gasteiger partial charge in [0.05, 0.1) is 12.7 Å². The molecule has 0 radical (unpaired) electrons. The molecule has 1 rings (SSSR count). The maximum Gasteiger partial charge on any atom is 0.0897 e. The number of aliphatic hydroxyl groups is 1. The summed E-state index contributed by atoms with van der Waals surface area (Å²) in [5, 5.41) is 13.1. The predicted molar refractivity (Wildman–Crippen MR) is 88.7 cm³/mol. The van der Waals surface area contributed by atoms with E-state index in [1.54, 1.807) is 0 Å². The zero-order chi connectivity index (χ0) is 15.3. The van der Waals surface area contributed by atoms with Crippen molar-refractivity contribution in [3.05, 3.63) is 0 Å². The molecule has 0 bridgehead atoms. The van der Waals surface area contributed by atoms with Crippen LogP contribution in [0, 0.1) is 0 Å². The van der Waals surface area contributed by atoms with Crippen molar-refractivity contribution in [2.75, 3.05) is 39.9 Å². The van der Waals surface area contributed by atoms with Crippen molar-refractivity contribution in [3.8, 4) is 0 Å². The van der Waals surface area contributed by atoms with Crippen LogP contribution in [0.4, 0.5) is 0 Å². The van der Waals surface area contributed by atoms with Gasteiger partial charge < -0.3 is 20.1 Å². The predicted octanol–water partition coefficient (Wildman–Crippen LogP) is 2.41. The largest absolute Gasteiger partial charge is 0.389 e. The Hall–Kier alpha value is -0.160. The maximum absolute atomic E-state index is 9.81. The molecule has 0 heterocycles. The lowest BCUT2D eigenvalue weighted by Gasteiger charge is -2.17. The second kappa shape index (κ2) is 12.4. The zero-order valence-electron chi connectivity index (χ0n) is 14.1. The zero-order valence-corrected chi connectivity index (χ0v) is 14.1. The summed E-state index contributed by atoms with van der Waals surface area (Å²) in [6, 6.07) is 0.817. The average molecular weight is 300 g/mol. The molecule has 4 nitrogen and oxygen atoms in total. The fraction of sp³-hybridized carbons (Fsp3) is 1.00. The van der Waals surface area contributed by atoms with Crippen LogP contribution in [-0.4, -0.2) is 62.0 Å². The fourth-order valence-electron chi connectivity index (χ4n) is 2.48. The van der Waals surface area contributed by atoms with Gasteiger partial charge in [0.1, 0.15) is 0 Å². The molecular weight excluding hydrogens is 264 g/mol. The SMILES string of the molecule is CCCCCCCCOCC(O)CNCCN(C)C1CC1. The number of unbranched alkanes of at least 4 members (excludes halogenated alkanes) is 5. The number of likely N-dealkylation sites (N-methyl/N-ethyl adjacent to an activating group) is 1. The Morgan fingerprint density at radius 1 is 1.19 bits per heavy atom. The first-order chi connectivity index (χ1) is 10.2. The van der Waals surface area contributed by atoms with E-state index in [0.29, 0.717) is 13.2 Å². The monoisotopic (exact) mass is 300 g/mol. The minimum atomic E-state index is -0.378. The van der Waals surface area contributed by atoms with E-state index >= 15 is 0 Å². The van der Waals surface area contributed by atoms with Gasteiger partial charge in [-0.2, -0.15) is 0 Å². The Morgan fingerprint density at radius 2 is 1.90 bits per heavy atom. The summed E-state index contributed by atoms with van der Waals surface area (Å²) in [5.41, 5.74) is 0. The van der Waals surface area contributed by atoms with Crippen LogP contribution >= 0.6 is 0 Å². The molecule has 1 saturated carbocycles. The highest BCUT2D eigenvalue weighted by atomic mass is 16.5. The van der Waals surface area contributed by atoms with E-state index in [0.717, 1.165) is 32.2 Å². The van der Waals surface area contributed by atoms with Crippen molar-refractivity contribution in [3.63, 3.8) is 0 Å². The lowest BCUT2D eigenvalue weighted by Crippen LogP contribution is -2.36. The van der Waals surface area contributed by atoms with Crippen LogP contribution in [0.25, 0.3) is 0 Å². The summed E-state index contributed by atoms with van der Waals surface area (Å²) in [6.07, 6.45) is 10.0. The molecule has 0 aliphatic heterocycles. The van der Waals surface area contributed by atoms with Crippen molar-refractivity contribution in [1.82, 2.24) is 10.2 Å². The second-order valence-electron chi connectivity index (χ2n) is 6.41. The van der Waals surface area contributed by atoms with Gasteiger partial charge in [0.25, 0.3) is 0 Å². The maximum atomic E-state index is 9.81. The van der Waals surface area contributed by atoms with Crippen LogP contribution in [-0.2, 0) is 4.74 Å². The van der Waals surface area contributed by atoms with E-state index in [2.05, 4.69) is 24.2 Å². The molecule has 2 N–H and O–H groups in total. The van der Waals surface area contributed by atoms with Gasteiger partial charge in [-0.15, -0.1) is 0 Å². The van der Waals surface area contributed by atoms with Gasteiger partial charge >= 0.3 is 0 Å². The molecule has 4 heteroatoms. The van der Waals surface area contributed by atoms with Crippen molar-refractivity contribution < 1.29 is 9.84 Å². The van der Waals surface area contributed by atoms with Crippen LogP contribution in [0.5, 0.6) is 0 Å². The lowest BCUT2D eigenvalue weighted by molar-refractivity contribution is 0.0353. The summed E-state index contributed by atoms with van der Waals surface area (Å²) in [7, 11) is 2.18. The normalized spacial score (nSPS) is 16.6. The number of hydrogen-bond acceptors (Lipinski definition) is 4. The van der Waals surface area contributed by atoms with E-state index in [1.165, 1.54) is 44.9 Å². The topological polar surface area (TPSA) is 44.7 Å². The van der Waals surface area contributed by atoms with Gasteiger partial charge in [-0.1, -0.05) is 39.0 Å². The van der Waals surface area contributed by atoms with Crippen molar-refractivity contribution in [2.24, 2.45) is 0 Å². The molecule has 21 heavy (non-hydrogen) atoms. The Labute approximate surface area is 131 Å². The molecule has 126 valence electrons. The first-order valence-corrected chi connectivity index (χ1v) is 8.90. The Morgan fingerprint density at radius 3 is 2.62 bits per heavy atom. The van der Waals surface area contributed by atoms with Crippen molar-refractivity contribution in [2.45, 2.75) is 70.4 Å². The summed E-state index contributed by atoms with van der Waals surface area (Å²) >= 11 is 0. The molecule has 0 aromatic rings. The first kappa shape index (κ1) is 18.9. The van der Waals surface area contributed by atoms with E-state index in [4.69, 9.17) is 4.74 Å². The Kier molecular flexibility index (Phi) is 11.1. The molecule has 1 fully saturated rings. The standard InChI is InChI=1S/C17H36N2O2/c1-3-4-5-6-7-8-13-21-15-17(20)14-18-11-12-19(2)16-9-10-16/h16-18,20H,3-15H2,1-2H3. The summed E-state index contributed by atoms with van der Waals surface area (Å²) in [6.45, 7) is 6.13. The van der Waals surface area contributed by atoms with E-state index < -0.39 is 0 Å². The van der Waals surface area contributed by atoms with Crippen molar-refractivity contribution >= 4 is 0 Å². The quantitative estimate of drug-likeness (QED) is 0.456. The highest BCUT2D eigenvalue weighted by Crippen LogP contribution is 2.24. The number of ether oxygens (including phenoxy) is 1. The molecule has 1 aliphatic carbocycles. The molecule has 1 atom stereocenters. The number of nitrogens with zero attached hydrogens (tertiary/aromatic N) is 1. The van der Waals surface area contributed by atoms with Crippen molar-refractivity contribution in [1.29, 1.82) is 0 Å². The van der Waals surface area contributed by atoms with E-state index in [1.807, 2.05) is 0 Å². The minimum Gasteiger partial charge on any atom is -0.389 e. The number of nitrogens with one attached hydrogen (secondary N) is 1. The fourth-order valence-corrected chi connectivity index (χ4v) is 2.48. The van der Waals surface area contributed by atoms with Gasteiger partial charge in [-0.25, -0.2) is 0 Å². The third-order valence-electron chi connectivity index (χ3n) is 4.14. The van der Waals surface area contributed by atoms with Crippen LogP contribution < -0.4 is 5.32 Å². The van der Waals surface area contributed by atoms with Crippen LogP contribution in [0.2, 0.25) is 0 Å². The van der Waals surface area contributed by atoms with Crippen LogP contribution in [0.1, 0.15) is 58.3 Å². The molecule has 0 saturated heterocycles. The molecule has 1 aliphatic rings. The van der Waals surface area contributed by atoms with E-state index in [9.17, 15) is 5.11 Å². The average Bonchev–Trinajstić information content (AvgIpc) is 3.31. The van der Waals surface area contributed by atoms with Crippen LogP contribution in [0.15, 0.2) is 0 Å². The number of rotatable bonds is 15. The number of hydrogen-bond donors (Lipinski definition) is 2. The minimum absolute atomic E-state index is 0.378.